The Kier molecular flexibility index (Phi) is 6.53. The summed E-state index contributed by atoms with van der Waals surface area (Å²) in [5.41, 5.74) is 4.42. The lowest BCUT2D eigenvalue weighted by Gasteiger charge is -2.25. The van der Waals surface area contributed by atoms with Gasteiger partial charge in [0.15, 0.2) is 0 Å². The summed E-state index contributed by atoms with van der Waals surface area (Å²) in [5, 5.41) is 0. The summed E-state index contributed by atoms with van der Waals surface area (Å²) >= 11 is 0. The highest BCUT2D eigenvalue weighted by Gasteiger charge is 2.12. The summed E-state index contributed by atoms with van der Waals surface area (Å²) in [6.45, 7) is 5.29. The normalized spacial score (nSPS) is 12.5. The third-order valence-electron chi connectivity index (χ3n) is 3.51. The van der Waals surface area contributed by atoms with E-state index < -0.39 is 0 Å². The van der Waals surface area contributed by atoms with Crippen LogP contribution in [-0.4, -0.2) is 23.9 Å². The second-order valence-electron chi connectivity index (χ2n) is 5.07. The van der Waals surface area contributed by atoms with Crippen molar-refractivity contribution in [2.45, 2.75) is 45.7 Å². The zero-order valence-corrected chi connectivity index (χ0v) is 12.1. The van der Waals surface area contributed by atoms with E-state index in [-0.39, 0.29) is 5.91 Å². The molecule has 0 radical (unpaired) electrons. The highest BCUT2D eigenvalue weighted by Crippen LogP contribution is 2.14. The molecule has 1 atom stereocenters. The van der Waals surface area contributed by atoms with E-state index >= 15 is 0 Å². The van der Waals surface area contributed by atoms with Crippen molar-refractivity contribution in [2.24, 2.45) is 5.84 Å². The van der Waals surface area contributed by atoms with E-state index in [1.165, 1.54) is 18.4 Å². The van der Waals surface area contributed by atoms with Gasteiger partial charge in [-0.05, 0) is 31.5 Å². The first-order valence-electron chi connectivity index (χ1n) is 6.85. The fraction of sp³-hybridized carbons (Fsp3) is 0.533. The molecule has 4 nitrogen and oxygen atoms in total. The summed E-state index contributed by atoms with van der Waals surface area (Å²) in [7, 11) is 2.13. The lowest BCUT2D eigenvalue weighted by atomic mass is 10.0. The molecule has 0 aromatic heterocycles. The molecule has 0 aliphatic heterocycles. The maximum Gasteiger partial charge on any atom is 0.238 e. The molecule has 0 aliphatic carbocycles. The fourth-order valence-corrected chi connectivity index (χ4v) is 2.17. The van der Waals surface area contributed by atoms with Gasteiger partial charge in [0, 0.05) is 12.6 Å². The van der Waals surface area contributed by atoms with E-state index in [0.717, 1.165) is 12.1 Å². The second kappa shape index (κ2) is 7.92. The summed E-state index contributed by atoms with van der Waals surface area (Å²) < 4.78 is 0. The third kappa shape index (κ3) is 5.01. The number of nitrogens with two attached hydrogens (primary N) is 1. The standard InChI is InChI=1S/C15H25N3O/c1-4-7-12(2)18(3)11-14-9-6-5-8-13(14)10-15(19)17-16/h5-6,8-9,12H,4,7,10-11,16H2,1-3H3,(H,17,19). The molecule has 0 fully saturated rings. The molecular formula is C15H25N3O. The maximum absolute atomic E-state index is 11.4. The van der Waals surface area contributed by atoms with Crippen molar-refractivity contribution in [1.82, 2.24) is 10.3 Å². The molecular weight excluding hydrogens is 238 g/mol. The lowest BCUT2D eigenvalue weighted by Crippen LogP contribution is -2.32. The highest BCUT2D eigenvalue weighted by molar-refractivity contribution is 5.78. The number of nitrogens with one attached hydrogen (secondary N) is 1. The molecule has 0 bridgehead atoms. The molecule has 1 amide bonds. The van der Waals surface area contributed by atoms with Crippen molar-refractivity contribution in [3.05, 3.63) is 35.4 Å². The van der Waals surface area contributed by atoms with Crippen LogP contribution in [0, 0.1) is 0 Å². The van der Waals surface area contributed by atoms with Gasteiger partial charge in [0.1, 0.15) is 0 Å². The van der Waals surface area contributed by atoms with Crippen molar-refractivity contribution >= 4 is 5.91 Å². The predicted octanol–water partition coefficient (Wildman–Crippen LogP) is 1.84. The smallest absolute Gasteiger partial charge is 0.238 e. The van der Waals surface area contributed by atoms with Crippen LogP contribution in [0.3, 0.4) is 0 Å². The Morgan fingerprint density at radius 1 is 1.37 bits per heavy atom. The summed E-state index contributed by atoms with van der Waals surface area (Å²) in [5.74, 6) is 4.99. The SMILES string of the molecule is CCCC(C)N(C)Cc1ccccc1CC(=O)NN. The monoisotopic (exact) mass is 263 g/mol. The van der Waals surface area contributed by atoms with E-state index in [0.29, 0.717) is 12.5 Å². The Bertz CT molecular complexity index is 406. The number of carbonyl (C=O) groups excluding carboxylic acids is 1. The predicted molar refractivity (Wildman–Crippen MR) is 78.3 cm³/mol. The summed E-state index contributed by atoms with van der Waals surface area (Å²) in [4.78, 5) is 13.7. The first kappa shape index (κ1) is 15.7. The van der Waals surface area contributed by atoms with Gasteiger partial charge in [-0.1, -0.05) is 37.6 Å². The Morgan fingerprint density at radius 2 is 2.00 bits per heavy atom. The molecule has 1 unspecified atom stereocenters. The Balaban J connectivity index is 2.74. The van der Waals surface area contributed by atoms with Crippen LogP contribution in [0.25, 0.3) is 0 Å². The molecule has 0 saturated heterocycles. The van der Waals surface area contributed by atoms with E-state index in [1.54, 1.807) is 0 Å². The van der Waals surface area contributed by atoms with Crippen LogP contribution < -0.4 is 11.3 Å². The van der Waals surface area contributed by atoms with Crippen LogP contribution in [0.1, 0.15) is 37.8 Å². The molecule has 19 heavy (non-hydrogen) atoms. The van der Waals surface area contributed by atoms with Crippen molar-refractivity contribution in [3.8, 4) is 0 Å². The molecule has 0 saturated carbocycles. The Hall–Kier alpha value is -1.39. The van der Waals surface area contributed by atoms with Crippen molar-refractivity contribution in [1.29, 1.82) is 0 Å². The van der Waals surface area contributed by atoms with Crippen molar-refractivity contribution in [3.63, 3.8) is 0 Å². The van der Waals surface area contributed by atoms with Gasteiger partial charge in [0.2, 0.25) is 5.91 Å². The van der Waals surface area contributed by atoms with Crippen molar-refractivity contribution < 1.29 is 4.79 Å². The minimum Gasteiger partial charge on any atom is -0.299 e. The van der Waals surface area contributed by atoms with Crippen LogP contribution in [-0.2, 0) is 17.8 Å². The minimum absolute atomic E-state index is 0.156. The fourth-order valence-electron chi connectivity index (χ4n) is 2.17. The van der Waals surface area contributed by atoms with Gasteiger partial charge < -0.3 is 0 Å². The first-order chi connectivity index (χ1) is 9.08. The second-order valence-corrected chi connectivity index (χ2v) is 5.07. The van der Waals surface area contributed by atoms with Gasteiger partial charge in [0.25, 0.3) is 0 Å². The quantitative estimate of drug-likeness (QED) is 0.448. The van der Waals surface area contributed by atoms with Gasteiger partial charge in [-0.2, -0.15) is 0 Å². The average Bonchev–Trinajstić information content (AvgIpc) is 2.41. The van der Waals surface area contributed by atoms with Gasteiger partial charge in [0.05, 0.1) is 6.42 Å². The molecule has 3 N–H and O–H groups in total. The number of amides is 1. The minimum atomic E-state index is -0.156. The largest absolute Gasteiger partial charge is 0.299 e. The van der Waals surface area contributed by atoms with Crippen molar-refractivity contribution in [2.75, 3.05) is 7.05 Å². The zero-order valence-electron chi connectivity index (χ0n) is 12.1. The highest BCUT2D eigenvalue weighted by atomic mass is 16.2. The van der Waals surface area contributed by atoms with Crippen LogP contribution in [0.4, 0.5) is 0 Å². The number of nitrogens with zero attached hydrogens (tertiary/aromatic N) is 1. The molecule has 1 aromatic rings. The van der Waals surface area contributed by atoms with Crippen LogP contribution in [0.5, 0.6) is 0 Å². The Morgan fingerprint density at radius 3 is 2.58 bits per heavy atom. The lowest BCUT2D eigenvalue weighted by molar-refractivity contribution is -0.120. The third-order valence-corrected chi connectivity index (χ3v) is 3.51. The van der Waals surface area contributed by atoms with E-state index in [4.69, 9.17) is 5.84 Å². The summed E-state index contributed by atoms with van der Waals surface area (Å²) in [6, 6.07) is 8.58. The molecule has 0 aliphatic rings. The number of hydrogen-bond acceptors (Lipinski definition) is 3. The molecule has 1 aromatic carbocycles. The summed E-state index contributed by atoms with van der Waals surface area (Å²) in [6.07, 6.45) is 2.70. The first-order valence-corrected chi connectivity index (χ1v) is 6.85. The van der Waals surface area contributed by atoms with E-state index in [9.17, 15) is 4.79 Å². The average molecular weight is 263 g/mol. The van der Waals surface area contributed by atoms with E-state index in [1.807, 2.05) is 18.2 Å². The van der Waals surface area contributed by atoms with Gasteiger partial charge in [-0.15, -0.1) is 0 Å². The van der Waals surface area contributed by atoms with Crippen LogP contribution in [0.15, 0.2) is 24.3 Å². The Labute approximate surface area is 115 Å². The number of hydrazine groups is 1. The van der Waals surface area contributed by atoms with Crippen LogP contribution in [0.2, 0.25) is 0 Å². The zero-order chi connectivity index (χ0) is 14.3. The van der Waals surface area contributed by atoms with Crippen LogP contribution >= 0.6 is 0 Å². The molecule has 1 rings (SSSR count). The van der Waals surface area contributed by atoms with Gasteiger partial charge >= 0.3 is 0 Å². The topological polar surface area (TPSA) is 58.4 Å². The molecule has 0 heterocycles. The number of carbonyl (C=O) groups is 1. The molecule has 0 spiro atoms. The molecule has 4 heteroatoms. The molecule has 106 valence electrons. The van der Waals surface area contributed by atoms with Gasteiger partial charge in [-0.3, -0.25) is 15.1 Å². The van der Waals surface area contributed by atoms with E-state index in [2.05, 4.69) is 37.3 Å². The number of benzene rings is 1. The number of rotatable bonds is 7. The number of hydrogen-bond donors (Lipinski definition) is 2. The maximum atomic E-state index is 11.4. The van der Waals surface area contributed by atoms with Gasteiger partial charge in [-0.25, -0.2) is 5.84 Å².